The minimum atomic E-state index is -0.286. The van der Waals surface area contributed by atoms with Crippen molar-refractivity contribution in [2.45, 2.75) is 20.8 Å². The van der Waals surface area contributed by atoms with Crippen LogP contribution in [0.1, 0.15) is 27.2 Å². The number of nitrogens with zero attached hydrogens (tertiary/aromatic N) is 1. The van der Waals surface area contributed by atoms with Crippen molar-refractivity contribution in [3.63, 3.8) is 0 Å². The van der Waals surface area contributed by atoms with Crippen LogP contribution in [0.2, 0.25) is 0 Å². The fraction of sp³-hybridized carbons (Fsp3) is 0.158. The first kappa shape index (κ1) is 15.8. The quantitative estimate of drug-likeness (QED) is 0.712. The topological polar surface area (TPSA) is 67.2 Å². The average molecular weight is 321 g/mol. The smallest absolute Gasteiger partial charge is 0.275 e. The van der Waals surface area contributed by atoms with E-state index in [2.05, 4.69) is 16.0 Å². The molecule has 2 N–H and O–H groups in total. The molecule has 5 heteroatoms. The molecule has 0 atom stereocenters. The zero-order valence-corrected chi connectivity index (χ0v) is 13.9. The van der Waals surface area contributed by atoms with E-state index < -0.39 is 0 Å². The van der Waals surface area contributed by atoms with Gasteiger partial charge >= 0.3 is 0 Å². The molecule has 0 aliphatic carbocycles. The van der Waals surface area contributed by atoms with Gasteiger partial charge in [0, 0.05) is 5.56 Å². The largest absolute Gasteiger partial charge is 0.360 e. The SMILES string of the molecule is Cc1ccc(NNC(=O)c2c(-c3ccccc3)noc2C)cc1C. The van der Waals surface area contributed by atoms with Gasteiger partial charge in [-0.25, -0.2) is 0 Å². The first-order valence-corrected chi connectivity index (χ1v) is 7.71. The lowest BCUT2D eigenvalue weighted by atomic mass is 10.1. The zero-order chi connectivity index (χ0) is 17.1. The molecule has 3 rings (SSSR count). The van der Waals surface area contributed by atoms with Gasteiger partial charge in [-0.05, 0) is 44.0 Å². The molecule has 1 amide bonds. The molecule has 0 unspecified atom stereocenters. The summed E-state index contributed by atoms with van der Waals surface area (Å²) in [6.45, 7) is 5.80. The third-order valence-corrected chi connectivity index (χ3v) is 3.96. The van der Waals surface area contributed by atoms with Crippen molar-refractivity contribution in [2.75, 3.05) is 5.43 Å². The summed E-state index contributed by atoms with van der Waals surface area (Å²) in [5, 5.41) is 4.02. The van der Waals surface area contributed by atoms with E-state index in [9.17, 15) is 4.79 Å². The Morgan fingerprint density at radius 3 is 2.46 bits per heavy atom. The van der Waals surface area contributed by atoms with Gasteiger partial charge in [-0.2, -0.15) is 0 Å². The maximum Gasteiger partial charge on any atom is 0.275 e. The molecule has 0 spiro atoms. The molecule has 1 heterocycles. The third kappa shape index (κ3) is 3.15. The van der Waals surface area contributed by atoms with Gasteiger partial charge in [0.05, 0.1) is 5.69 Å². The Kier molecular flexibility index (Phi) is 4.33. The normalized spacial score (nSPS) is 10.5. The number of hydrogen-bond acceptors (Lipinski definition) is 4. The Balaban J connectivity index is 1.80. The Bertz CT molecular complexity index is 870. The van der Waals surface area contributed by atoms with Crippen LogP contribution in [0.4, 0.5) is 5.69 Å². The number of nitrogens with one attached hydrogen (secondary N) is 2. The molecule has 0 bridgehead atoms. The Labute approximate surface area is 140 Å². The second-order valence-electron chi connectivity index (χ2n) is 5.71. The maximum atomic E-state index is 12.6. The summed E-state index contributed by atoms with van der Waals surface area (Å²) in [5.41, 5.74) is 10.6. The van der Waals surface area contributed by atoms with Crippen molar-refractivity contribution in [3.8, 4) is 11.3 Å². The second kappa shape index (κ2) is 6.58. The summed E-state index contributed by atoms with van der Waals surface area (Å²) in [5.74, 6) is 0.194. The summed E-state index contributed by atoms with van der Waals surface area (Å²) < 4.78 is 5.22. The minimum absolute atomic E-state index is 0.286. The number of anilines is 1. The highest BCUT2D eigenvalue weighted by molar-refractivity contribution is 6.01. The summed E-state index contributed by atoms with van der Waals surface area (Å²) >= 11 is 0. The summed E-state index contributed by atoms with van der Waals surface area (Å²) in [7, 11) is 0. The molecule has 0 radical (unpaired) electrons. The molecule has 3 aromatic rings. The lowest BCUT2D eigenvalue weighted by Gasteiger charge is -2.10. The van der Waals surface area contributed by atoms with Crippen LogP contribution in [0, 0.1) is 20.8 Å². The predicted molar refractivity (Wildman–Crippen MR) is 93.7 cm³/mol. The fourth-order valence-electron chi connectivity index (χ4n) is 2.44. The number of hydrazine groups is 1. The minimum Gasteiger partial charge on any atom is -0.360 e. The lowest BCUT2D eigenvalue weighted by molar-refractivity contribution is 0.0961. The van der Waals surface area contributed by atoms with Gasteiger partial charge in [0.25, 0.3) is 5.91 Å². The number of carbonyl (C=O) groups is 1. The van der Waals surface area contributed by atoms with Crippen LogP contribution in [0.3, 0.4) is 0 Å². The Morgan fingerprint density at radius 2 is 1.75 bits per heavy atom. The number of aryl methyl sites for hydroxylation is 3. The Hall–Kier alpha value is -3.08. The van der Waals surface area contributed by atoms with Crippen molar-refractivity contribution in [3.05, 3.63) is 71.0 Å². The van der Waals surface area contributed by atoms with Gasteiger partial charge in [-0.15, -0.1) is 0 Å². The second-order valence-corrected chi connectivity index (χ2v) is 5.71. The number of hydrogen-bond donors (Lipinski definition) is 2. The van der Waals surface area contributed by atoms with Crippen LogP contribution in [-0.4, -0.2) is 11.1 Å². The number of aromatic nitrogens is 1. The van der Waals surface area contributed by atoms with Crippen LogP contribution in [0.25, 0.3) is 11.3 Å². The first-order valence-electron chi connectivity index (χ1n) is 7.71. The number of carbonyl (C=O) groups excluding carboxylic acids is 1. The highest BCUT2D eigenvalue weighted by atomic mass is 16.5. The monoisotopic (exact) mass is 321 g/mol. The molecular formula is C19H19N3O2. The molecule has 0 aliphatic rings. The van der Waals surface area contributed by atoms with Crippen LogP contribution in [-0.2, 0) is 0 Å². The van der Waals surface area contributed by atoms with Crippen molar-refractivity contribution >= 4 is 11.6 Å². The van der Waals surface area contributed by atoms with Crippen molar-refractivity contribution in [1.29, 1.82) is 0 Å². The first-order chi connectivity index (χ1) is 11.6. The molecule has 0 saturated heterocycles. The van der Waals surface area contributed by atoms with E-state index in [0.29, 0.717) is 17.0 Å². The summed E-state index contributed by atoms with van der Waals surface area (Å²) in [4.78, 5) is 12.6. The van der Waals surface area contributed by atoms with Crippen LogP contribution in [0.5, 0.6) is 0 Å². The van der Waals surface area contributed by atoms with E-state index in [1.807, 2.05) is 62.4 Å². The maximum absolute atomic E-state index is 12.6. The number of benzene rings is 2. The van der Waals surface area contributed by atoms with Crippen LogP contribution in [0.15, 0.2) is 53.1 Å². The zero-order valence-electron chi connectivity index (χ0n) is 13.9. The van der Waals surface area contributed by atoms with Crippen molar-refractivity contribution in [2.24, 2.45) is 0 Å². The summed E-state index contributed by atoms with van der Waals surface area (Å²) in [6.07, 6.45) is 0. The molecule has 0 aliphatic heterocycles. The predicted octanol–water partition coefficient (Wildman–Crippen LogP) is 4.02. The van der Waals surface area contributed by atoms with Crippen LogP contribution >= 0.6 is 0 Å². The Morgan fingerprint density at radius 1 is 1.00 bits per heavy atom. The van der Waals surface area contributed by atoms with E-state index in [-0.39, 0.29) is 5.91 Å². The molecule has 5 nitrogen and oxygen atoms in total. The molecular weight excluding hydrogens is 302 g/mol. The van der Waals surface area contributed by atoms with Crippen molar-refractivity contribution in [1.82, 2.24) is 10.6 Å². The van der Waals surface area contributed by atoms with Gasteiger partial charge in [-0.3, -0.25) is 15.6 Å². The van der Waals surface area contributed by atoms with Crippen LogP contribution < -0.4 is 10.9 Å². The molecule has 1 aromatic heterocycles. The van der Waals surface area contributed by atoms with Gasteiger partial charge < -0.3 is 4.52 Å². The standard InChI is InChI=1S/C19H19N3O2/c1-12-9-10-16(11-13(12)2)20-21-19(23)17-14(3)24-22-18(17)15-7-5-4-6-8-15/h4-11,20H,1-3H3,(H,21,23). The van der Waals surface area contributed by atoms with Crippen molar-refractivity contribution < 1.29 is 9.32 Å². The highest BCUT2D eigenvalue weighted by Gasteiger charge is 2.21. The van der Waals surface area contributed by atoms with E-state index in [1.165, 1.54) is 5.56 Å². The van der Waals surface area contributed by atoms with E-state index in [0.717, 1.165) is 16.8 Å². The van der Waals surface area contributed by atoms with Gasteiger partial charge in [0.2, 0.25) is 0 Å². The van der Waals surface area contributed by atoms with Gasteiger partial charge in [0.1, 0.15) is 17.0 Å². The van der Waals surface area contributed by atoms with Gasteiger partial charge in [-0.1, -0.05) is 41.6 Å². The van der Waals surface area contributed by atoms with E-state index >= 15 is 0 Å². The lowest BCUT2D eigenvalue weighted by Crippen LogP contribution is -2.30. The molecule has 24 heavy (non-hydrogen) atoms. The van der Waals surface area contributed by atoms with E-state index in [4.69, 9.17) is 4.52 Å². The molecule has 0 fully saturated rings. The highest BCUT2D eigenvalue weighted by Crippen LogP contribution is 2.25. The molecule has 0 saturated carbocycles. The molecule has 122 valence electrons. The average Bonchev–Trinajstić information content (AvgIpc) is 2.98. The molecule has 2 aromatic carbocycles. The van der Waals surface area contributed by atoms with E-state index in [1.54, 1.807) is 6.92 Å². The fourth-order valence-corrected chi connectivity index (χ4v) is 2.44. The third-order valence-electron chi connectivity index (χ3n) is 3.96. The summed E-state index contributed by atoms with van der Waals surface area (Å²) in [6, 6.07) is 15.4. The van der Waals surface area contributed by atoms with Gasteiger partial charge in [0.15, 0.2) is 0 Å². The number of rotatable bonds is 4. The number of amides is 1.